The van der Waals surface area contributed by atoms with Crippen molar-refractivity contribution in [1.82, 2.24) is 15.6 Å². The van der Waals surface area contributed by atoms with E-state index in [1.165, 1.54) is 6.07 Å². The van der Waals surface area contributed by atoms with E-state index in [9.17, 15) is 18.0 Å². The number of nitrogens with one attached hydrogen (secondary N) is 2. The lowest BCUT2D eigenvalue weighted by molar-refractivity contribution is 0.0930. The molecule has 24 heavy (non-hydrogen) atoms. The van der Waals surface area contributed by atoms with E-state index < -0.39 is 15.7 Å². The number of sulfone groups is 1. The third kappa shape index (κ3) is 4.11. The van der Waals surface area contributed by atoms with Gasteiger partial charge in [-0.3, -0.25) is 9.59 Å². The number of hydrogen-bond donors (Lipinski definition) is 2. The largest absolute Gasteiger partial charge is 0.348 e. The molecule has 0 bridgehead atoms. The van der Waals surface area contributed by atoms with Crippen molar-refractivity contribution in [2.75, 3.05) is 11.5 Å². The number of hydrogen-bond acceptors (Lipinski definition) is 5. The Morgan fingerprint density at radius 3 is 2.08 bits per heavy atom. The van der Waals surface area contributed by atoms with Crippen LogP contribution in [0, 0.1) is 0 Å². The van der Waals surface area contributed by atoms with Crippen molar-refractivity contribution in [3.05, 3.63) is 29.6 Å². The fourth-order valence-electron chi connectivity index (χ4n) is 3.19. The fraction of sp³-hybridized carbons (Fsp3) is 0.562. The summed E-state index contributed by atoms with van der Waals surface area (Å²) in [6.45, 7) is 0. The molecular weight excluding hydrogens is 330 g/mol. The molecule has 0 radical (unpaired) electrons. The van der Waals surface area contributed by atoms with E-state index in [0.29, 0.717) is 6.42 Å². The first-order valence-electron chi connectivity index (χ1n) is 8.22. The van der Waals surface area contributed by atoms with Gasteiger partial charge in [-0.1, -0.05) is 18.9 Å². The van der Waals surface area contributed by atoms with E-state index in [0.717, 1.165) is 25.7 Å². The van der Waals surface area contributed by atoms with Gasteiger partial charge in [0.15, 0.2) is 9.84 Å². The molecule has 1 aliphatic carbocycles. The van der Waals surface area contributed by atoms with Crippen LogP contribution < -0.4 is 10.6 Å². The second-order valence-electron chi connectivity index (χ2n) is 6.44. The van der Waals surface area contributed by atoms with Gasteiger partial charge in [-0.15, -0.1) is 0 Å². The van der Waals surface area contributed by atoms with E-state index in [4.69, 9.17) is 0 Å². The highest BCUT2D eigenvalue weighted by Crippen LogP contribution is 2.18. The predicted molar refractivity (Wildman–Crippen MR) is 88.5 cm³/mol. The number of carbonyl (C=O) groups is 2. The minimum Gasteiger partial charge on any atom is -0.348 e. The van der Waals surface area contributed by atoms with Gasteiger partial charge in [0.2, 0.25) is 0 Å². The average Bonchev–Trinajstić information content (AvgIpc) is 3.17. The zero-order valence-corrected chi connectivity index (χ0v) is 14.1. The van der Waals surface area contributed by atoms with Gasteiger partial charge in [-0.2, -0.15) is 0 Å². The molecule has 0 aromatic carbocycles. The zero-order chi connectivity index (χ0) is 17.2. The molecule has 0 spiro atoms. The van der Waals surface area contributed by atoms with Crippen molar-refractivity contribution in [3.63, 3.8) is 0 Å². The average molecular weight is 351 g/mol. The summed E-state index contributed by atoms with van der Waals surface area (Å²) in [5.74, 6) is -0.678. The Morgan fingerprint density at radius 1 is 0.958 bits per heavy atom. The van der Waals surface area contributed by atoms with Gasteiger partial charge >= 0.3 is 0 Å². The maximum atomic E-state index is 12.2. The standard InChI is InChI=1S/C16H21N3O4S/c20-15(17-11-4-1-2-5-11)13-6-3-7-14(19-13)16(21)18-12-8-9-24(22,23)10-12/h3,6-7,11-12H,1-2,4-5,8-10H2,(H,17,20)(H,18,21). The molecule has 1 saturated heterocycles. The summed E-state index contributed by atoms with van der Waals surface area (Å²) in [7, 11) is -3.06. The molecule has 1 aromatic rings. The fourth-order valence-corrected chi connectivity index (χ4v) is 4.86. The van der Waals surface area contributed by atoms with Gasteiger partial charge in [-0.05, 0) is 31.4 Å². The van der Waals surface area contributed by atoms with Crippen LogP contribution in [0.15, 0.2) is 18.2 Å². The molecule has 3 rings (SSSR count). The number of aromatic nitrogens is 1. The molecule has 1 aliphatic heterocycles. The molecule has 130 valence electrons. The molecule has 2 N–H and O–H groups in total. The minimum atomic E-state index is -3.06. The van der Waals surface area contributed by atoms with Crippen LogP contribution in [0.1, 0.15) is 53.1 Å². The van der Waals surface area contributed by atoms with Crippen LogP contribution in [-0.2, 0) is 9.84 Å². The van der Waals surface area contributed by atoms with Crippen molar-refractivity contribution < 1.29 is 18.0 Å². The Morgan fingerprint density at radius 2 is 1.54 bits per heavy atom. The Bertz CT molecular complexity index is 741. The molecule has 1 unspecified atom stereocenters. The van der Waals surface area contributed by atoms with Crippen molar-refractivity contribution in [2.24, 2.45) is 0 Å². The molecule has 2 heterocycles. The van der Waals surface area contributed by atoms with Gasteiger partial charge in [0.05, 0.1) is 11.5 Å². The summed E-state index contributed by atoms with van der Waals surface area (Å²) in [5.41, 5.74) is 0.326. The Kier molecular flexibility index (Phi) is 4.84. The highest BCUT2D eigenvalue weighted by molar-refractivity contribution is 7.91. The van der Waals surface area contributed by atoms with Gasteiger partial charge in [0, 0.05) is 12.1 Å². The van der Waals surface area contributed by atoms with Crippen LogP contribution in [-0.4, -0.2) is 48.8 Å². The first kappa shape index (κ1) is 16.9. The van der Waals surface area contributed by atoms with Crippen LogP contribution in [0.3, 0.4) is 0 Å². The highest BCUT2D eigenvalue weighted by Gasteiger charge is 2.29. The Labute approximate surface area is 141 Å². The maximum Gasteiger partial charge on any atom is 0.270 e. The third-order valence-electron chi connectivity index (χ3n) is 4.47. The van der Waals surface area contributed by atoms with Gasteiger partial charge in [0.25, 0.3) is 11.8 Å². The molecule has 1 saturated carbocycles. The number of rotatable bonds is 4. The second kappa shape index (κ2) is 6.88. The first-order chi connectivity index (χ1) is 11.4. The van der Waals surface area contributed by atoms with E-state index in [-0.39, 0.29) is 40.9 Å². The van der Waals surface area contributed by atoms with Crippen molar-refractivity contribution >= 4 is 21.7 Å². The Balaban J connectivity index is 1.63. The SMILES string of the molecule is O=C(NC1CCCC1)c1cccc(C(=O)NC2CCS(=O)(=O)C2)n1. The van der Waals surface area contributed by atoms with Gasteiger partial charge < -0.3 is 10.6 Å². The van der Waals surface area contributed by atoms with Crippen molar-refractivity contribution in [3.8, 4) is 0 Å². The molecule has 2 fully saturated rings. The van der Waals surface area contributed by atoms with Crippen LogP contribution in [0.4, 0.5) is 0 Å². The zero-order valence-electron chi connectivity index (χ0n) is 13.3. The summed E-state index contributed by atoms with van der Waals surface area (Å²) < 4.78 is 22.9. The van der Waals surface area contributed by atoms with Crippen molar-refractivity contribution in [2.45, 2.75) is 44.2 Å². The van der Waals surface area contributed by atoms with E-state index in [2.05, 4.69) is 15.6 Å². The number of nitrogens with zero attached hydrogens (tertiary/aromatic N) is 1. The lowest BCUT2D eigenvalue weighted by atomic mass is 10.2. The van der Waals surface area contributed by atoms with Crippen LogP contribution in [0.25, 0.3) is 0 Å². The summed E-state index contributed by atoms with van der Waals surface area (Å²) >= 11 is 0. The maximum absolute atomic E-state index is 12.2. The van der Waals surface area contributed by atoms with Crippen LogP contribution in [0.2, 0.25) is 0 Å². The molecular formula is C16H21N3O4S. The highest BCUT2D eigenvalue weighted by atomic mass is 32.2. The third-order valence-corrected chi connectivity index (χ3v) is 6.24. The molecule has 2 aliphatic rings. The number of pyridine rings is 1. The topological polar surface area (TPSA) is 105 Å². The molecule has 1 aromatic heterocycles. The van der Waals surface area contributed by atoms with Gasteiger partial charge in [0.1, 0.15) is 11.4 Å². The predicted octanol–water partition coefficient (Wildman–Crippen LogP) is 0.671. The van der Waals surface area contributed by atoms with Gasteiger partial charge in [-0.25, -0.2) is 13.4 Å². The quantitative estimate of drug-likeness (QED) is 0.829. The van der Waals surface area contributed by atoms with E-state index >= 15 is 0 Å². The molecule has 7 nitrogen and oxygen atoms in total. The smallest absolute Gasteiger partial charge is 0.270 e. The second-order valence-corrected chi connectivity index (χ2v) is 8.67. The lowest BCUT2D eigenvalue weighted by Gasteiger charge is -2.13. The van der Waals surface area contributed by atoms with Crippen LogP contribution in [0.5, 0.6) is 0 Å². The summed E-state index contributed by atoms with van der Waals surface area (Å²) in [6, 6.07) is 4.49. The monoisotopic (exact) mass is 351 g/mol. The normalized spacial score (nSPS) is 23.1. The van der Waals surface area contributed by atoms with E-state index in [1.54, 1.807) is 12.1 Å². The number of carbonyl (C=O) groups excluding carboxylic acids is 2. The minimum absolute atomic E-state index is 0.0411. The first-order valence-corrected chi connectivity index (χ1v) is 10.0. The van der Waals surface area contributed by atoms with E-state index in [1.807, 2.05) is 0 Å². The molecule has 8 heteroatoms. The summed E-state index contributed by atoms with van der Waals surface area (Å²) in [4.78, 5) is 28.6. The van der Waals surface area contributed by atoms with Crippen LogP contribution >= 0.6 is 0 Å². The Hall–Kier alpha value is -1.96. The van der Waals surface area contributed by atoms with Crippen molar-refractivity contribution in [1.29, 1.82) is 0 Å². The molecule has 2 amide bonds. The summed E-state index contributed by atoms with van der Waals surface area (Å²) in [5, 5.41) is 5.61. The number of amides is 2. The molecule has 1 atom stereocenters. The summed E-state index contributed by atoms with van der Waals surface area (Å²) in [6.07, 6.45) is 4.59. The lowest BCUT2D eigenvalue weighted by Crippen LogP contribution is -2.37.